The molecule has 3 rings (SSSR count). The van der Waals surface area contributed by atoms with E-state index in [0.29, 0.717) is 15.7 Å². The lowest BCUT2D eigenvalue weighted by Gasteiger charge is -2.01. The molecule has 0 saturated carbocycles. The van der Waals surface area contributed by atoms with Gasteiger partial charge in [0.2, 0.25) is 0 Å². The number of fused-ring (bicyclic) bond motifs is 1. The molecule has 0 fully saturated rings. The van der Waals surface area contributed by atoms with Crippen molar-refractivity contribution < 1.29 is 4.79 Å². The third-order valence-electron chi connectivity index (χ3n) is 3.16. The lowest BCUT2D eigenvalue weighted by molar-refractivity contribution is 0.102. The molecular formula is C16H13ClN2OS. The van der Waals surface area contributed by atoms with Crippen molar-refractivity contribution in [3.8, 4) is 0 Å². The van der Waals surface area contributed by atoms with E-state index in [4.69, 9.17) is 11.6 Å². The minimum Gasteiger partial charge on any atom is -0.298 e. The zero-order chi connectivity index (χ0) is 15.0. The van der Waals surface area contributed by atoms with Crippen molar-refractivity contribution in [3.63, 3.8) is 0 Å². The number of rotatable bonds is 2. The van der Waals surface area contributed by atoms with E-state index in [1.54, 1.807) is 24.3 Å². The maximum Gasteiger partial charge on any atom is 0.257 e. The Morgan fingerprint density at radius 2 is 1.90 bits per heavy atom. The highest BCUT2D eigenvalue weighted by Crippen LogP contribution is 2.29. The molecular weight excluding hydrogens is 304 g/mol. The topological polar surface area (TPSA) is 42.0 Å². The number of aromatic nitrogens is 1. The summed E-state index contributed by atoms with van der Waals surface area (Å²) < 4.78 is 1.08. The second-order valence-electron chi connectivity index (χ2n) is 4.91. The number of nitrogens with zero attached hydrogens (tertiary/aromatic N) is 1. The second-order valence-corrected chi connectivity index (χ2v) is 6.38. The van der Waals surface area contributed by atoms with Crippen LogP contribution in [0.2, 0.25) is 5.02 Å². The van der Waals surface area contributed by atoms with Crippen molar-refractivity contribution in [2.45, 2.75) is 13.8 Å². The number of benzene rings is 2. The van der Waals surface area contributed by atoms with Crippen LogP contribution >= 0.6 is 22.9 Å². The number of thiazole rings is 1. The summed E-state index contributed by atoms with van der Waals surface area (Å²) in [5, 5.41) is 4.06. The van der Waals surface area contributed by atoms with Gasteiger partial charge in [0.05, 0.1) is 10.2 Å². The number of amides is 1. The van der Waals surface area contributed by atoms with Crippen LogP contribution in [-0.2, 0) is 0 Å². The van der Waals surface area contributed by atoms with Crippen LogP contribution in [0.25, 0.3) is 10.2 Å². The first-order chi connectivity index (χ1) is 10.0. The molecule has 0 bridgehead atoms. The Morgan fingerprint density at radius 3 is 2.62 bits per heavy atom. The molecule has 1 heterocycles. The van der Waals surface area contributed by atoms with Gasteiger partial charge >= 0.3 is 0 Å². The van der Waals surface area contributed by atoms with Crippen LogP contribution < -0.4 is 5.32 Å². The molecule has 0 radical (unpaired) electrons. The summed E-state index contributed by atoms with van der Waals surface area (Å²) in [6.07, 6.45) is 0. The third kappa shape index (κ3) is 2.91. The van der Waals surface area contributed by atoms with Gasteiger partial charge in [-0.3, -0.25) is 10.1 Å². The zero-order valence-corrected chi connectivity index (χ0v) is 13.2. The summed E-state index contributed by atoms with van der Waals surface area (Å²) in [6.45, 7) is 4.08. The lowest BCUT2D eigenvalue weighted by atomic mass is 10.1. The van der Waals surface area contributed by atoms with Crippen LogP contribution in [-0.4, -0.2) is 10.9 Å². The standard InChI is InChI=1S/C16H13ClN2OS/c1-9-7-10(2)14-13(8-9)21-16(18-14)19-15(20)11-3-5-12(17)6-4-11/h3-8H,1-2H3,(H,18,19,20). The monoisotopic (exact) mass is 316 g/mol. The smallest absolute Gasteiger partial charge is 0.257 e. The van der Waals surface area contributed by atoms with Gasteiger partial charge in [0.25, 0.3) is 5.91 Å². The van der Waals surface area contributed by atoms with Crippen LogP contribution in [0.4, 0.5) is 5.13 Å². The predicted molar refractivity (Wildman–Crippen MR) is 88.5 cm³/mol. The summed E-state index contributed by atoms with van der Waals surface area (Å²) in [5.41, 5.74) is 3.82. The molecule has 0 aliphatic rings. The Kier molecular flexibility index (Phi) is 3.66. The molecule has 0 saturated heterocycles. The van der Waals surface area contributed by atoms with Crippen LogP contribution in [0.3, 0.4) is 0 Å². The first-order valence-electron chi connectivity index (χ1n) is 6.47. The Hall–Kier alpha value is -1.91. The molecule has 3 aromatic rings. The van der Waals surface area contributed by atoms with Crippen LogP contribution in [0, 0.1) is 13.8 Å². The van der Waals surface area contributed by atoms with E-state index in [-0.39, 0.29) is 5.91 Å². The summed E-state index contributed by atoms with van der Waals surface area (Å²) in [4.78, 5) is 16.7. The number of nitrogens with one attached hydrogen (secondary N) is 1. The fourth-order valence-electron chi connectivity index (χ4n) is 2.19. The van der Waals surface area contributed by atoms with Gasteiger partial charge in [-0.05, 0) is 55.3 Å². The second kappa shape index (κ2) is 5.47. The molecule has 106 valence electrons. The number of halogens is 1. The van der Waals surface area contributed by atoms with Crippen molar-refractivity contribution in [2.75, 3.05) is 5.32 Å². The Morgan fingerprint density at radius 1 is 1.19 bits per heavy atom. The van der Waals surface area contributed by atoms with E-state index < -0.39 is 0 Å². The van der Waals surface area contributed by atoms with Gasteiger partial charge in [0, 0.05) is 10.6 Å². The molecule has 1 N–H and O–H groups in total. The third-order valence-corrected chi connectivity index (χ3v) is 4.33. The van der Waals surface area contributed by atoms with E-state index in [1.165, 1.54) is 16.9 Å². The molecule has 1 amide bonds. The average molecular weight is 317 g/mol. The highest BCUT2D eigenvalue weighted by molar-refractivity contribution is 7.22. The summed E-state index contributed by atoms with van der Waals surface area (Å²) >= 11 is 7.30. The quantitative estimate of drug-likeness (QED) is 0.736. The first kappa shape index (κ1) is 14.0. The Bertz CT molecular complexity index is 824. The largest absolute Gasteiger partial charge is 0.298 e. The Balaban J connectivity index is 1.89. The number of anilines is 1. The van der Waals surface area contributed by atoms with Crippen molar-refractivity contribution in [3.05, 3.63) is 58.1 Å². The molecule has 1 aromatic heterocycles. The van der Waals surface area contributed by atoms with Gasteiger partial charge in [0.1, 0.15) is 0 Å². The zero-order valence-electron chi connectivity index (χ0n) is 11.6. The minimum absolute atomic E-state index is 0.180. The number of aryl methyl sites for hydroxylation is 2. The fourth-order valence-corrected chi connectivity index (χ4v) is 3.36. The number of carbonyl (C=O) groups excluding carboxylic acids is 1. The maximum absolute atomic E-state index is 12.2. The first-order valence-corrected chi connectivity index (χ1v) is 7.67. The fraction of sp³-hybridized carbons (Fsp3) is 0.125. The van der Waals surface area contributed by atoms with E-state index in [0.717, 1.165) is 15.8 Å². The highest BCUT2D eigenvalue weighted by Gasteiger charge is 2.11. The molecule has 5 heteroatoms. The molecule has 2 aromatic carbocycles. The van der Waals surface area contributed by atoms with Gasteiger partial charge < -0.3 is 0 Å². The van der Waals surface area contributed by atoms with Crippen LogP contribution in [0.5, 0.6) is 0 Å². The molecule has 0 unspecified atom stereocenters. The minimum atomic E-state index is -0.180. The van der Waals surface area contributed by atoms with Gasteiger partial charge in [-0.1, -0.05) is 29.0 Å². The Labute approximate surface area is 131 Å². The van der Waals surface area contributed by atoms with Gasteiger partial charge in [-0.25, -0.2) is 4.98 Å². The molecule has 0 atom stereocenters. The van der Waals surface area contributed by atoms with Gasteiger partial charge in [0.15, 0.2) is 5.13 Å². The molecule has 0 aliphatic heterocycles. The summed E-state index contributed by atoms with van der Waals surface area (Å²) in [6, 6.07) is 11.0. The van der Waals surface area contributed by atoms with Crippen molar-refractivity contribution >= 4 is 44.2 Å². The number of carbonyl (C=O) groups is 1. The van der Waals surface area contributed by atoms with Crippen molar-refractivity contribution in [1.82, 2.24) is 4.98 Å². The van der Waals surface area contributed by atoms with Crippen molar-refractivity contribution in [1.29, 1.82) is 0 Å². The highest BCUT2D eigenvalue weighted by atomic mass is 35.5. The van der Waals surface area contributed by atoms with Crippen LogP contribution in [0.1, 0.15) is 21.5 Å². The van der Waals surface area contributed by atoms with E-state index in [2.05, 4.69) is 29.4 Å². The molecule has 0 aliphatic carbocycles. The SMILES string of the molecule is Cc1cc(C)c2nc(NC(=O)c3ccc(Cl)cc3)sc2c1. The predicted octanol–water partition coefficient (Wildman–Crippen LogP) is 4.82. The van der Waals surface area contributed by atoms with E-state index >= 15 is 0 Å². The average Bonchev–Trinajstić information content (AvgIpc) is 2.82. The normalized spacial score (nSPS) is 10.8. The maximum atomic E-state index is 12.2. The summed E-state index contributed by atoms with van der Waals surface area (Å²) in [7, 11) is 0. The van der Waals surface area contributed by atoms with E-state index in [1.807, 2.05) is 6.92 Å². The number of hydrogen-bond acceptors (Lipinski definition) is 3. The number of hydrogen-bond donors (Lipinski definition) is 1. The van der Waals surface area contributed by atoms with E-state index in [9.17, 15) is 4.79 Å². The van der Waals surface area contributed by atoms with Gasteiger partial charge in [-0.15, -0.1) is 0 Å². The molecule has 0 spiro atoms. The molecule has 3 nitrogen and oxygen atoms in total. The summed E-state index contributed by atoms with van der Waals surface area (Å²) in [5.74, 6) is -0.180. The lowest BCUT2D eigenvalue weighted by Crippen LogP contribution is -2.11. The van der Waals surface area contributed by atoms with Crippen molar-refractivity contribution in [2.24, 2.45) is 0 Å². The molecule has 21 heavy (non-hydrogen) atoms. The van der Waals surface area contributed by atoms with Gasteiger partial charge in [-0.2, -0.15) is 0 Å². The van der Waals surface area contributed by atoms with Crippen LogP contribution in [0.15, 0.2) is 36.4 Å².